The normalized spacial score (nSPS) is 24.8. The third kappa shape index (κ3) is 6.21. The van der Waals surface area contributed by atoms with E-state index >= 15 is 0 Å². The second-order valence-corrected chi connectivity index (χ2v) is 7.62. The topological polar surface area (TPSA) is 61.4 Å². The SMILES string of the molecule is CNCCCN(C)S(=O)(=O)NCC1CCC(C)CC1. The van der Waals surface area contributed by atoms with Gasteiger partial charge in [0, 0.05) is 20.1 Å². The van der Waals surface area contributed by atoms with Gasteiger partial charge in [-0.3, -0.25) is 0 Å². The summed E-state index contributed by atoms with van der Waals surface area (Å²) < 4.78 is 28.2. The van der Waals surface area contributed by atoms with Crippen LogP contribution in [0.5, 0.6) is 0 Å². The summed E-state index contributed by atoms with van der Waals surface area (Å²) >= 11 is 0. The molecule has 0 aromatic rings. The lowest BCUT2D eigenvalue weighted by Crippen LogP contribution is -2.41. The first-order chi connectivity index (χ1) is 8.95. The fourth-order valence-electron chi connectivity index (χ4n) is 2.47. The second-order valence-electron chi connectivity index (χ2n) is 5.76. The Labute approximate surface area is 118 Å². The predicted molar refractivity (Wildman–Crippen MR) is 79.2 cm³/mol. The summed E-state index contributed by atoms with van der Waals surface area (Å²) in [5.41, 5.74) is 0. The van der Waals surface area contributed by atoms with Crippen molar-refractivity contribution in [2.45, 2.75) is 39.0 Å². The molecule has 19 heavy (non-hydrogen) atoms. The lowest BCUT2D eigenvalue weighted by atomic mass is 9.83. The van der Waals surface area contributed by atoms with E-state index in [0.29, 0.717) is 19.0 Å². The average Bonchev–Trinajstić information content (AvgIpc) is 2.38. The fourth-order valence-corrected chi connectivity index (χ4v) is 3.50. The monoisotopic (exact) mass is 291 g/mol. The van der Waals surface area contributed by atoms with Crippen LogP contribution in [0.4, 0.5) is 0 Å². The highest BCUT2D eigenvalue weighted by atomic mass is 32.2. The molecule has 0 bridgehead atoms. The Hall–Kier alpha value is -0.170. The van der Waals surface area contributed by atoms with Gasteiger partial charge in [-0.15, -0.1) is 0 Å². The van der Waals surface area contributed by atoms with Crippen molar-refractivity contribution in [3.8, 4) is 0 Å². The van der Waals surface area contributed by atoms with E-state index in [2.05, 4.69) is 17.0 Å². The van der Waals surface area contributed by atoms with Gasteiger partial charge in [-0.05, 0) is 44.7 Å². The lowest BCUT2D eigenvalue weighted by molar-refractivity contribution is 0.289. The predicted octanol–water partition coefficient (Wildman–Crippen LogP) is 1.19. The van der Waals surface area contributed by atoms with Crippen molar-refractivity contribution in [2.24, 2.45) is 11.8 Å². The van der Waals surface area contributed by atoms with Gasteiger partial charge in [-0.25, -0.2) is 4.72 Å². The lowest BCUT2D eigenvalue weighted by Gasteiger charge is -2.27. The molecular weight excluding hydrogens is 262 g/mol. The molecule has 0 spiro atoms. The van der Waals surface area contributed by atoms with Crippen LogP contribution in [-0.4, -0.2) is 46.5 Å². The Morgan fingerprint density at radius 1 is 1.21 bits per heavy atom. The van der Waals surface area contributed by atoms with Crippen molar-refractivity contribution in [3.63, 3.8) is 0 Å². The highest BCUT2D eigenvalue weighted by Gasteiger charge is 2.22. The molecule has 0 unspecified atom stereocenters. The maximum atomic E-state index is 12.0. The molecule has 0 atom stereocenters. The molecule has 0 amide bonds. The van der Waals surface area contributed by atoms with Crippen molar-refractivity contribution < 1.29 is 8.42 Å². The Morgan fingerprint density at radius 3 is 2.42 bits per heavy atom. The molecule has 114 valence electrons. The third-order valence-corrected chi connectivity index (χ3v) is 5.53. The molecule has 0 aromatic carbocycles. The van der Waals surface area contributed by atoms with Crippen molar-refractivity contribution in [2.75, 3.05) is 33.7 Å². The minimum absolute atomic E-state index is 0.511. The Morgan fingerprint density at radius 2 is 1.84 bits per heavy atom. The number of hydrogen-bond donors (Lipinski definition) is 2. The Kier molecular flexibility index (Phi) is 7.28. The molecule has 5 nitrogen and oxygen atoms in total. The summed E-state index contributed by atoms with van der Waals surface area (Å²) in [5.74, 6) is 1.31. The summed E-state index contributed by atoms with van der Waals surface area (Å²) in [5, 5.41) is 3.02. The molecule has 1 rings (SSSR count). The van der Waals surface area contributed by atoms with Gasteiger partial charge in [0.25, 0.3) is 10.2 Å². The number of nitrogens with one attached hydrogen (secondary N) is 2. The van der Waals surface area contributed by atoms with Crippen LogP contribution in [-0.2, 0) is 10.2 Å². The minimum Gasteiger partial charge on any atom is -0.320 e. The van der Waals surface area contributed by atoms with Crippen LogP contribution in [0, 0.1) is 11.8 Å². The number of hydrogen-bond acceptors (Lipinski definition) is 3. The Bertz CT molecular complexity index is 338. The van der Waals surface area contributed by atoms with E-state index in [1.54, 1.807) is 7.05 Å². The van der Waals surface area contributed by atoms with E-state index in [1.165, 1.54) is 17.1 Å². The van der Waals surface area contributed by atoms with Crippen LogP contribution in [0.25, 0.3) is 0 Å². The molecule has 0 radical (unpaired) electrons. The van der Waals surface area contributed by atoms with E-state index in [4.69, 9.17) is 0 Å². The summed E-state index contributed by atoms with van der Waals surface area (Å²) in [7, 11) is 0.214. The highest BCUT2D eigenvalue weighted by molar-refractivity contribution is 7.87. The molecular formula is C13H29N3O2S. The zero-order chi connectivity index (χ0) is 14.3. The van der Waals surface area contributed by atoms with Gasteiger partial charge in [0.1, 0.15) is 0 Å². The van der Waals surface area contributed by atoms with Crippen molar-refractivity contribution in [1.29, 1.82) is 0 Å². The number of nitrogens with zero attached hydrogens (tertiary/aromatic N) is 1. The van der Waals surface area contributed by atoms with Crippen LogP contribution >= 0.6 is 0 Å². The molecule has 0 saturated heterocycles. The molecule has 0 aliphatic heterocycles. The van der Waals surface area contributed by atoms with Gasteiger partial charge in [0.15, 0.2) is 0 Å². The molecule has 6 heteroatoms. The van der Waals surface area contributed by atoms with Crippen molar-refractivity contribution in [1.82, 2.24) is 14.3 Å². The van der Waals surface area contributed by atoms with Gasteiger partial charge in [-0.2, -0.15) is 12.7 Å². The van der Waals surface area contributed by atoms with Crippen LogP contribution in [0.2, 0.25) is 0 Å². The van der Waals surface area contributed by atoms with Gasteiger partial charge < -0.3 is 5.32 Å². The molecule has 0 aromatic heterocycles. The molecule has 1 saturated carbocycles. The van der Waals surface area contributed by atoms with E-state index in [0.717, 1.165) is 31.7 Å². The molecule has 2 N–H and O–H groups in total. The zero-order valence-electron chi connectivity index (χ0n) is 12.5. The van der Waals surface area contributed by atoms with Crippen LogP contribution in [0.15, 0.2) is 0 Å². The van der Waals surface area contributed by atoms with Crippen molar-refractivity contribution >= 4 is 10.2 Å². The van der Waals surface area contributed by atoms with E-state index in [1.807, 2.05) is 7.05 Å². The van der Waals surface area contributed by atoms with E-state index in [9.17, 15) is 8.42 Å². The highest BCUT2D eigenvalue weighted by Crippen LogP contribution is 2.27. The van der Waals surface area contributed by atoms with Gasteiger partial charge in [-0.1, -0.05) is 19.8 Å². The largest absolute Gasteiger partial charge is 0.320 e. The summed E-state index contributed by atoms with van der Waals surface area (Å²) in [6.45, 7) is 4.25. The zero-order valence-corrected chi connectivity index (χ0v) is 13.3. The van der Waals surface area contributed by atoms with Crippen molar-refractivity contribution in [3.05, 3.63) is 0 Å². The molecule has 1 aliphatic rings. The van der Waals surface area contributed by atoms with E-state index in [-0.39, 0.29) is 0 Å². The van der Waals surface area contributed by atoms with Crippen LogP contribution in [0.3, 0.4) is 0 Å². The average molecular weight is 291 g/mol. The Balaban J connectivity index is 2.29. The maximum absolute atomic E-state index is 12.0. The molecule has 1 fully saturated rings. The van der Waals surface area contributed by atoms with Gasteiger partial charge in [0.05, 0.1) is 0 Å². The summed E-state index contributed by atoms with van der Waals surface area (Å²) in [4.78, 5) is 0. The standard InChI is InChI=1S/C13H29N3O2S/c1-12-5-7-13(8-6-12)11-15-19(17,18)16(3)10-4-9-14-2/h12-15H,4-11H2,1-3H3. The number of rotatable bonds is 8. The third-order valence-electron chi connectivity index (χ3n) is 4.00. The van der Waals surface area contributed by atoms with Gasteiger partial charge in [0.2, 0.25) is 0 Å². The van der Waals surface area contributed by atoms with Crippen LogP contribution < -0.4 is 10.0 Å². The molecule has 1 aliphatic carbocycles. The summed E-state index contributed by atoms with van der Waals surface area (Å²) in [6.07, 6.45) is 5.57. The van der Waals surface area contributed by atoms with Gasteiger partial charge >= 0.3 is 0 Å². The summed E-state index contributed by atoms with van der Waals surface area (Å²) in [6, 6.07) is 0. The smallest absolute Gasteiger partial charge is 0.279 e. The maximum Gasteiger partial charge on any atom is 0.279 e. The first-order valence-electron chi connectivity index (χ1n) is 7.31. The fraction of sp³-hybridized carbons (Fsp3) is 1.00. The first kappa shape index (κ1) is 16.9. The second kappa shape index (κ2) is 8.19. The molecule has 0 heterocycles. The minimum atomic E-state index is -3.30. The van der Waals surface area contributed by atoms with Crippen LogP contribution in [0.1, 0.15) is 39.0 Å². The van der Waals surface area contributed by atoms with E-state index < -0.39 is 10.2 Å². The first-order valence-corrected chi connectivity index (χ1v) is 8.75. The quantitative estimate of drug-likeness (QED) is 0.660.